The highest BCUT2D eigenvalue weighted by Gasteiger charge is 2.42. The molecular weight excluding hydrogens is 202 g/mol. The Balaban J connectivity index is 2.10. The Hall–Kier alpha value is -0.630. The second-order valence-corrected chi connectivity index (χ2v) is 5.03. The first-order valence-electron chi connectivity index (χ1n) is 6.12. The summed E-state index contributed by atoms with van der Waals surface area (Å²) in [6.07, 6.45) is 1.92. The van der Waals surface area contributed by atoms with Gasteiger partial charge in [0.2, 0.25) is 0 Å². The number of nitriles is 1. The van der Waals surface area contributed by atoms with Gasteiger partial charge in [0.05, 0.1) is 19.3 Å². The normalized spacial score (nSPS) is 38.2. The third-order valence-electron chi connectivity index (χ3n) is 4.09. The van der Waals surface area contributed by atoms with Crippen LogP contribution < -0.4 is 0 Å². The molecular formula is C12H21N3O. The van der Waals surface area contributed by atoms with E-state index in [1.165, 1.54) is 0 Å². The van der Waals surface area contributed by atoms with Crippen LogP contribution in [0.2, 0.25) is 0 Å². The van der Waals surface area contributed by atoms with E-state index in [0.717, 1.165) is 45.7 Å². The molecule has 90 valence electrons. The van der Waals surface area contributed by atoms with Gasteiger partial charge in [-0.25, -0.2) is 0 Å². The minimum atomic E-state index is -0.240. The Kier molecular flexibility index (Phi) is 3.48. The highest BCUT2D eigenvalue weighted by Crippen LogP contribution is 2.31. The molecule has 2 atom stereocenters. The third kappa shape index (κ3) is 2.08. The highest BCUT2D eigenvalue weighted by atomic mass is 16.5. The van der Waals surface area contributed by atoms with E-state index in [-0.39, 0.29) is 5.54 Å². The van der Waals surface area contributed by atoms with E-state index in [4.69, 9.17) is 4.74 Å². The number of likely N-dealkylation sites (tertiary alicyclic amines) is 1. The Morgan fingerprint density at radius 3 is 2.56 bits per heavy atom. The Morgan fingerprint density at radius 2 is 2.00 bits per heavy atom. The van der Waals surface area contributed by atoms with E-state index >= 15 is 0 Å². The van der Waals surface area contributed by atoms with Crippen LogP contribution in [-0.4, -0.2) is 61.3 Å². The van der Waals surface area contributed by atoms with Crippen LogP contribution in [0.15, 0.2) is 0 Å². The van der Waals surface area contributed by atoms with E-state index < -0.39 is 0 Å². The summed E-state index contributed by atoms with van der Waals surface area (Å²) in [5, 5.41) is 9.55. The van der Waals surface area contributed by atoms with Crippen molar-refractivity contribution in [2.75, 3.05) is 39.9 Å². The quantitative estimate of drug-likeness (QED) is 0.656. The number of hydrogen-bond donors (Lipinski definition) is 0. The van der Waals surface area contributed by atoms with E-state index in [1.54, 1.807) is 0 Å². The van der Waals surface area contributed by atoms with E-state index in [9.17, 15) is 5.26 Å². The van der Waals surface area contributed by atoms with Crippen LogP contribution in [0.5, 0.6) is 0 Å². The van der Waals surface area contributed by atoms with Crippen LogP contribution in [0, 0.1) is 11.3 Å². The van der Waals surface area contributed by atoms with Gasteiger partial charge in [0.15, 0.2) is 0 Å². The average molecular weight is 223 g/mol. The largest absolute Gasteiger partial charge is 0.379 e. The number of ether oxygens (including phenoxy) is 1. The summed E-state index contributed by atoms with van der Waals surface area (Å²) in [6.45, 7) is 6.59. The molecule has 0 spiro atoms. The zero-order valence-corrected chi connectivity index (χ0v) is 10.3. The molecule has 0 N–H and O–H groups in total. The molecule has 0 aromatic heterocycles. The zero-order chi connectivity index (χ0) is 11.6. The lowest BCUT2D eigenvalue weighted by Gasteiger charge is -2.47. The van der Waals surface area contributed by atoms with Gasteiger partial charge in [-0.2, -0.15) is 5.26 Å². The molecule has 2 aliphatic heterocycles. The summed E-state index contributed by atoms with van der Waals surface area (Å²) in [7, 11) is 2.14. The fourth-order valence-electron chi connectivity index (χ4n) is 2.78. The van der Waals surface area contributed by atoms with Gasteiger partial charge in [-0.05, 0) is 26.8 Å². The third-order valence-corrected chi connectivity index (χ3v) is 4.09. The van der Waals surface area contributed by atoms with Gasteiger partial charge in [0.1, 0.15) is 5.54 Å². The predicted octanol–water partition coefficient (Wildman–Crippen LogP) is 0.695. The summed E-state index contributed by atoms with van der Waals surface area (Å²) >= 11 is 0. The first-order valence-corrected chi connectivity index (χ1v) is 6.12. The van der Waals surface area contributed by atoms with Crippen molar-refractivity contribution in [1.82, 2.24) is 9.80 Å². The molecule has 0 saturated carbocycles. The van der Waals surface area contributed by atoms with E-state index in [2.05, 4.69) is 29.8 Å². The number of nitrogens with zero attached hydrogens (tertiary/aromatic N) is 3. The van der Waals surface area contributed by atoms with Crippen molar-refractivity contribution in [1.29, 1.82) is 5.26 Å². The van der Waals surface area contributed by atoms with Gasteiger partial charge in [0.25, 0.3) is 0 Å². The topological polar surface area (TPSA) is 39.5 Å². The standard InChI is InChI=1S/C12H21N3O/c1-11-9-12(10-13,3-4-14(11)2)15-5-7-16-8-6-15/h11H,3-9H2,1-2H3. The van der Waals surface area contributed by atoms with Crippen LogP contribution >= 0.6 is 0 Å². The predicted molar refractivity (Wildman–Crippen MR) is 62.1 cm³/mol. The lowest BCUT2D eigenvalue weighted by molar-refractivity contribution is -0.0312. The van der Waals surface area contributed by atoms with Crippen molar-refractivity contribution in [3.8, 4) is 6.07 Å². The Bertz CT molecular complexity index is 282. The monoisotopic (exact) mass is 223 g/mol. The minimum Gasteiger partial charge on any atom is -0.379 e. The summed E-state index contributed by atoms with van der Waals surface area (Å²) < 4.78 is 5.37. The highest BCUT2D eigenvalue weighted by molar-refractivity contribution is 5.12. The summed E-state index contributed by atoms with van der Waals surface area (Å²) in [6, 6.07) is 3.08. The van der Waals surface area contributed by atoms with Crippen molar-refractivity contribution in [2.24, 2.45) is 0 Å². The second kappa shape index (κ2) is 4.70. The second-order valence-electron chi connectivity index (χ2n) is 5.03. The molecule has 16 heavy (non-hydrogen) atoms. The number of hydrogen-bond acceptors (Lipinski definition) is 4. The molecule has 2 aliphatic rings. The first kappa shape index (κ1) is 11.8. The average Bonchev–Trinajstić information content (AvgIpc) is 2.34. The first-order chi connectivity index (χ1) is 7.68. The number of morpholine rings is 1. The van der Waals surface area contributed by atoms with Gasteiger partial charge < -0.3 is 9.64 Å². The van der Waals surface area contributed by atoms with Gasteiger partial charge in [0, 0.05) is 25.7 Å². The number of piperidine rings is 1. The van der Waals surface area contributed by atoms with Crippen LogP contribution in [0.25, 0.3) is 0 Å². The molecule has 2 heterocycles. The molecule has 0 amide bonds. The fraction of sp³-hybridized carbons (Fsp3) is 0.917. The summed E-state index contributed by atoms with van der Waals surface area (Å²) in [5.41, 5.74) is -0.240. The van der Waals surface area contributed by atoms with Crippen LogP contribution in [0.1, 0.15) is 19.8 Å². The molecule has 2 rings (SSSR count). The molecule has 0 aliphatic carbocycles. The fourth-order valence-corrected chi connectivity index (χ4v) is 2.78. The minimum absolute atomic E-state index is 0.240. The smallest absolute Gasteiger partial charge is 0.112 e. The van der Waals surface area contributed by atoms with Crippen molar-refractivity contribution in [3.63, 3.8) is 0 Å². The van der Waals surface area contributed by atoms with Gasteiger partial charge in [-0.15, -0.1) is 0 Å². The molecule has 2 fully saturated rings. The lowest BCUT2D eigenvalue weighted by atomic mass is 9.83. The molecule has 4 nitrogen and oxygen atoms in total. The maximum atomic E-state index is 9.55. The molecule has 0 aromatic carbocycles. The van der Waals surface area contributed by atoms with Crippen molar-refractivity contribution in [3.05, 3.63) is 0 Å². The Morgan fingerprint density at radius 1 is 1.31 bits per heavy atom. The number of rotatable bonds is 1. The molecule has 2 unspecified atom stereocenters. The maximum absolute atomic E-state index is 9.55. The summed E-state index contributed by atoms with van der Waals surface area (Å²) in [4.78, 5) is 4.68. The van der Waals surface area contributed by atoms with E-state index in [0.29, 0.717) is 6.04 Å². The van der Waals surface area contributed by atoms with E-state index in [1.807, 2.05) is 0 Å². The molecule has 0 aromatic rings. The van der Waals surface area contributed by atoms with Crippen LogP contribution in [-0.2, 0) is 4.74 Å². The van der Waals surface area contributed by atoms with Gasteiger partial charge in [-0.3, -0.25) is 4.90 Å². The molecule has 2 saturated heterocycles. The maximum Gasteiger partial charge on any atom is 0.112 e. The zero-order valence-electron chi connectivity index (χ0n) is 10.3. The molecule has 0 radical (unpaired) electrons. The lowest BCUT2D eigenvalue weighted by Crippen LogP contribution is -2.59. The Labute approximate surface area is 97.8 Å². The van der Waals surface area contributed by atoms with Gasteiger partial charge >= 0.3 is 0 Å². The van der Waals surface area contributed by atoms with Gasteiger partial charge in [-0.1, -0.05) is 0 Å². The van der Waals surface area contributed by atoms with Crippen molar-refractivity contribution >= 4 is 0 Å². The SMILES string of the molecule is CC1CC(C#N)(N2CCOCC2)CCN1C. The summed E-state index contributed by atoms with van der Waals surface area (Å²) in [5.74, 6) is 0. The van der Waals surface area contributed by atoms with Crippen molar-refractivity contribution in [2.45, 2.75) is 31.3 Å². The molecule has 0 bridgehead atoms. The molecule has 4 heteroatoms. The van der Waals surface area contributed by atoms with Crippen molar-refractivity contribution < 1.29 is 4.74 Å². The van der Waals surface area contributed by atoms with Crippen LogP contribution in [0.3, 0.4) is 0 Å². The van der Waals surface area contributed by atoms with Crippen LogP contribution in [0.4, 0.5) is 0 Å².